The fourth-order valence-electron chi connectivity index (χ4n) is 3.30. The van der Waals surface area contributed by atoms with Crippen molar-refractivity contribution in [2.24, 2.45) is 5.73 Å². The van der Waals surface area contributed by atoms with Gasteiger partial charge in [-0.15, -0.1) is 0 Å². The molecule has 0 atom stereocenters. The van der Waals surface area contributed by atoms with Gasteiger partial charge in [0.05, 0.1) is 39.6 Å². The molecule has 0 saturated carbocycles. The van der Waals surface area contributed by atoms with Gasteiger partial charge in [-0.2, -0.15) is 15.0 Å². The number of carbonyl (C=O) groups is 1. The van der Waals surface area contributed by atoms with Crippen molar-refractivity contribution in [2.75, 3.05) is 94.5 Å². The van der Waals surface area contributed by atoms with Gasteiger partial charge in [0.15, 0.2) is 0 Å². The maximum absolute atomic E-state index is 12.6. The maximum Gasteiger partial charge on any atom is 0.251 e. The number of hydrogen-bond acceptors (Lipinski definition) is 12. The number of benzene rings is 1. The van der Waals surface area contributed by atoms with Crippen LogP contribution in [-0.4, -0.2) is 105 Å². The average molecular weight is 505 g/mol. The van der Waals surface area contributed by atoms with Crippen molar-refractivity contribution in [1.29, 1.82) is 0 Å². The van der Waals surface area contributed by atoms with Crippen molar-refractivity contribution >= 4 is 29.4 Å². The van der Waals surface area contributed by atoms with Gasteiger partial charge in [0.25, 0.3) is 5.91 Å². The standard InChI is InChI=1S/C23H36N8O5/c24-5-11-34-15-16-35-12-7-25-20(33)18-3-1-4-19(17-18)27-22-28-21(26-6-2-10-32)29-23(30-22)31-8-13-36-14-9-31/h1,3-4,17,32H,2,5-16,24H2,(H,25,33)(H2,26,27,28,29,30). The van der Waals surface area contributed by atoms with Gasteiger partial charge in [-0.1, -0.05) is 6.07 Å². The van der Waals surface area contributed by atoms with Crippen LogP contribution >= 0.6 is 0 Å². The summed E-state index contributed by atoms with van der Waals surface area (Å²) in [6.07, 6.45) is 0.575. The lowest BCUT2D eigenvalue weighted by Crippen LogP contribution is -2.37. The van der Waals surface area contributed by atoms with Crippen LogP contribution in [0.15, 0.2) is 24.3 Å². The molecule has 1 aliphatic heterocycles. The molecule has 1 aromatic heterocycles. The first-order chi connectivity index (χ1) is 17.7. The Morgan fingerprint density at radius 2 is 1.83 bits per heavy atom. The molecule has 1 aliphatic rings. The van der Waals surface area contributed by atoms with Crippen LogP contribution in [0.5, 0.6) is 0 Å². The molecule has 36 heavy (non-hydrogen) atoms. The van der Waals surface area contributed by atoms with Crippen molar-refractivity contribution in [3.8, 4) is 0 Å². The minimum Gasteiger partial charge on any atom is -0.396 e. The van der Waals surface area contributed by atoms with Crippen LogP contribution in [0.4, 0.5) is 23.5 Å². The Balaban J connectivity index is 1.58. The van der Waals surface area contributed by atoms with E-state index >= 15 is 0 Å². The van der Waals surface area contributed by atoms with Crippen LogP contribution in [0.25, 0.3) is 0 Å². The second kappa shape index (κ2) is 15.8. The number of rotatable bonds is 16. The van der Waals surface area contributed by atoms with Crippen LogP contribution in [0.3, 0.4) is 0 Å². The lowest BCUT2D eigenvalue weighted by atomic mass is 10.2. The number of aromatic nitrogens is 3. The van der Waals surface area contributed by atoms with E-state index in [9.17, 15) is 4.79 Å². The van der Waals surface area contributed by atoms with Crippen molar-refractivity contribution in [3.63, 3.8) is 0 Å². The zero-order valence-electron chi connectivity index (χ0n) is 20.4. The number of nitrogens with two attached hydrogens (primary N) is 1. The fourth-order valence-corrected chi connectivity index (χ4v) is 3.30. The number of nitrogens with one attached hydrogen (secondary N) is 3. The van der Waals surface area contributed by atoms with E-state index in [4.69, 9.17) is 25.1 Å². The molecule has 0 spiro atoms. The normalized spacial score (nSPS) is 13.4. The average Bonchev–Trinajstić information content (AvgIpc) is 2.91. The zero-order valence-corrected chi connectivity index (χ0v) is 20.4. The molecule has 198 valence electrons. The summed E-state index contributed by atoms with van der Waals surface area (Å²) in [4.78, 5) is 28.1. The maximum atomic E-state index is 12.6. The number of morpholine rings is 1. The number of hydrogen-bond donors (Lipinski definition) is 5. The fraction of sp³-hybridized carbons (Fsp3) is 0.565. The Kier molecular flexibility index (Phi) is 12.1. The Bertz CT molecular complexity index is 929. The highest BCUT2D eigenvalue weighted by molar-refractivity contribution is 5.95. The largest absolute Gasteiger partial charge is 0.396 e. The predicted molar refractivity (Wildman–Crippen MR) is 136 cm³/mol. The van der Waals surface area contributed by atoms with E-state index in [0.29, 0.717) is 108 Å². The summed E-state index contributed by atoms with van der Waals surface area (Å²) in [6.45, 7) is 5.85. The molecule has 2 heterocycles. The van der Waals surface area contributed by atoms with E-state index in [2.05, 4.69) is 30.9 Å². The van der Waals surface area contributed by atoms with Crippen LogP contribution in [-0.2, 0) is 14.2 Å². The number of aliphatic hydroxyl groups is 1. The number of nitrogens with zero attached hydrogens (tertiary/aromatic N) is 4. The van der Waals surface area contributed by atoms with Gasteiger partial charge >= 0.3 is 0 Å². The van der Waals surface area contributed by atoms with E-state index < -0.39 is 0 Å². The summed E-state index contributed by atoms with van der Waals surface area (Å²) in [5.41, 5.74) is 6.51. The van der Waals surface area contributed by atoms with Crippen LogP contribution in [0.2, 0.25) is 0 Å². The minimum absolute atomic E-state index is 0.0731. The Hall–Kier alpha value is -3.10. The van der Waals surface area contributed by atoms with E-state index in [0.717, 1.165) is 0 Å². The van der Waals surface area contributed by atoms with E-state index in [1.54, 1.807) is 18.2 Å². The lowest BCUT2D eigenvalue weighted by molar-refractivity contribution is 0.0511. The molecule has 0 aliphatic carbocycles. The third-order valence-corrected chi connectivity index (χ3v) is 5.08. The smallest absolute Gasteiger partial charge is 0.251 e. The molecule has 1 saturated heterocycles. The minimum atomic E-state index is -0.211. The van der Waals surface area contributed by atoms with Gasteiger partial charge in [0.1, 0.15) is 0 Å². The highest BCUT2D eigenvalue weighted by Crippen LogP contribution is 2.19. The molecule has 2 aromatic rings. The lowest BCUT2D eigenvalue weighted by Gasteiger charge is -2.27. The molecule has 0 radical (unpaired) electrons. The Morgan fingerprint density at radius 3 is 2.61 bits per heavy atom. The van der Waals surface area contributed by atoms with Gasteiger partial charge in [-0.05, 0) is 24.6 Å². The van der Waals surface area contributed by atoms with Gasteiger partial charge in [-0.3, -0.25) is 4.79 Å². The first-order valence-electron chi connectivity index (χ1n) is 12.1. The second-order valence-electron chi connectivity index (χ2n) is 7.86. The summed E-state index contributed by atoms with van der Waals surface area (Å²) in [5.74, 6) is 1.08. The van der Waals surface area contributed by atoms with Gasteiger partial charge < -0.3 is 45.9 Å². The van der Waals surface area contributed by atoms with Crippen molar-refractivity contribution < 1.29 is 24.1 Å². The van der Waals surface area contributed by atoms with Crippen molar-refractivity contribution in [1.82, 2.24) is 20.3 Å². The molecule has 13 heteroatoms. The summed E-state index contributed by atoms with van der Waals surface area (Å²) in [7, 11) is 0. The number of carbonyl (C=O) groups excluding carboxylic acids is 1. The molecular formula is C23H36N8O5. The second-order valence-corrected chi connectivity index (χ2v) is 7.86. The molecule has 0 bridgehead atoms. The molecule has 1 aromatic carbocycles. The van der Waals surface area contributed by atoms with Crippen LogP contribution in [0.1, 0.15) is 16.8 Å². The van der Waals surface area contributed by atoms with E-state index in [1.807, 2.05) is 11.0 Å². The summed E-state index contributed by atoms with van der Waals surface area (Å²) in [5, 5.41) is 18.2. The van der Waals surface area contributed by atoms with Crippen molar-refractivity contribution in [3.05, 3.63) is 29.8 Å². The third kappa shape index (κ3) is 9.51. The molecule has 0 unspecified atom stereocenters. The molecular weight excluding hydrogens is 468 g/mol. The SMILES string of the molecule is NCCOCCOCCNC(=O)c1cccc(Nc2nc(NCCCO)nc(N3CCOCC3)n2)c1. The molecule has 6 N–H and O–H groups in total. The summed E-state index contributed by atoms with van der Waals surface area (Å²) in [6, 6.07) is 7.08. The molecule has 13 nitrogen and oxygen atoms in total. The molecule has 1 amide bonds. The number of amides is 1. The molecule has 1 fully saturated rings. The third-order valence-electron chi connectivity index (χ3n) is 5.08. The zero-order chi connectivity index (χ0) is 25.4. The number of aliphatic hydroxyl groups excluding tert-OH is 1. The Morgan fingerprint density at radius 1 is 1.06 bits per heavy atom. The van der Waals surface area contributed by atoms with E-state index in [-0.39, 0.29) is 12.5 Å². The highest BCUT2D eigenvalue weighted by Gasteiger charge is 2.17. The molecule has 3 rings (SSSR count). The van der Waals surface area contributed by atoms with Gasteiger partial charge in [0, 0.05) is 50.6 Å². The van der Waals surface area contributed by atoms with Crippen molar-refractivity contribution in [2.45, 2.75) is 6.42 Å². The number of anilines is 4. The van der Waals surface area contributed by atoms with Crippen LogP contribution in [0, 0.1) is 0 Å². The first-order valence-corrected chi connectivity index (χ1v) is 12.1. The number of ether oxygens (including phenoxy) is 3. The summed E-state index contributed by atoms with van der Waals surface area (Å²) < 4.78 is 16.1. The first kappa shape index (κ1) is 27.5. The predicted octanol–water partition coefficient (Wildman–Crippen LogP) is -0.0322. The van der Waals surface area contributed by atoms with E-state index in [1.165, 1.54) is 0 Å². The summed E-state index contributed by atoms with van der Waals surface area (Å²) >= 11 is 0. The monoisotopic (exact) mass is 504 g/mol. The Labute approximate surface area is 210 Å². The van der Waals surface area contributed by atoms with Gasteiger partial charge in [-0.25, -0.2) is 0 Å². The quantitative estimate of drug-likeness (QED) is 0.194. The van der Waals surface area contributed by atoms with Crippen LogP contribution < -0.4 is 26.6 Å². The van der Waals surface area contributed by atoms with Gasteiger partial charge in [0.2, 0.25) is 17.8 Å². The topological polar surface area (TPSA) is 169 Å². The highest BCUT2D eigenvalue weighted by atomic mass is 16.5.